The average molecular weight is 441 g/mol. The zero-order valence-corrected chi connectivity index (χ0v) is 17.3. The lowest BCUT2D eigenvalue weighted by Crippen LogP contribution is -2.35. The van der Waals surface area contributed by atoms with Crippen molar-refractivity contribution in [3.8, 4) is 5.75 Å². The fraction of sp³-hybridized carbons (Fsp3) is 0.429. The Kier molecular flexibility index (Phi) is 6.96. The summed E-state index contributed by atoms with van der Waals surface area (Å²) in [6.45, 7) is 2.97. The molecule has 0 amide bonds. The molecular formula is C21H24BrClFNO. The van der Waals surface area contributed by atoms with Crippen LogP contribution >= 0.6 is 27.5 Å². The molecule has 1 aliphatic heterocycles. The van der Waals surface area contributed by atoms with Crippen LogP contribution in [0.4, 0.5) is 4.39 Å². The maximum absolute atomic E-state index is 13.9. The normalized spacial score (nSPS) is 16.0. The number of benzene rings is 2. The maximum atomic E-state index is 13.9. The van der Waals surface area contributed by atoms with Crippen LogP contribution in [-0.2, 0) is 12.8 Å². The summed E-state index contributed by atoms with van der Waals surface area (Å²) in [5.74, 6) is 1.38. The van der Waals surface area contributed by atoms with Crippen LogP contribution < -0.4 is 4.74 Å². The van der Waals surface area contributed by atoms with Crippen molar-refractivity contribution < 1.29 is 9.13 Å². The zero-order valence-electron chi connectivity index (χ0n) is 15.0. The summed E-state index contributed by atoms with van der Waals surface area (Å²) in [5.41, 5.74) is 1.94. The number of ether oxygens (including phenoxy) is 1. The molecule has 0 saturated carbocycles. The van der Waals surface area contributed by atoms with Gasteiger partial charge in [-0.3, -0.25) is 0 Å². The summed E-state index contributed by atoms with van der Waals surface area (Å²) in [6.07, 6.45) is 4.05. The van der Waals surface area contributed by atoms with Crippen molar-refractivity contribution in [2.24, 2.45) is 5.92 Å². The first-order valence-electron chi connectivity index (χ1n) is 9.04. The standard InChI is InChI=1S/C21H24BrClFNO/c1-26-17-5-6-19(22)16(14-17)13-15-7-10-25(11-8-15)12-9-18-20(23)3-2-4-21(18)24/h2-6,14-15H,7-13H2,1H3. The number of hydrogen-bond acceptors (Lipinski definition) is 2. The molecule has 140 valence electrons. The second-order valence-electron chi connectivity index (χ2n) is 6.90. The predicted molar refractivity (Wildman–Crippen MR) is 109 cm³/mol. The lowest BCUT2D eigenvalue weighted by atomic mass is 9.90. The van der Waals surface area contributed by atoms with Crippen LogP contribution in [0.2, 0.25) is 5.02 Å². The van der Waals surface area contributed by atoms with E-state index in [1.165, 1.54) is 11.6 Å². The number of halogens is 3. The molecule has 0 atom stereocenters. The summed E-state index contributed by atoms with van der Waals surface area (Å²) >= 11 is 9.78. The van der Waals surface area contributed by atoms with E-state index < -0.39 is 0 Å². The molecule has 0 N–H and O–H groups in total. The molecule has 2 aromatic rings. The third-order valence-electron chi connectivity index (χ3n) is 5.21. The molecule has 0 radical (unpaired) electrons. The minimum atomic E-state index is -0.199. The van der Waals surface area contributed by atoms with Crippen LogP contribution in [0.15, 0.2) is 40.9 Å². The minimum absolute atomic E-state index is 0.199. The molecule has 2 nitrogen and oxygen atoms in total. The Balaban J connectivity index is 1.50. The molecule has 2 aromatic carbocycles. The molecule has 0 aromatic heterocycles. The fourth-order valence-electron chi connectivity index (χ4n) is 3.60. The Hall–Kier alpha value is -1.10. The molecule has 0 spiro atoms. The average Bonchev–Trinajstić information content (AvgIpc) is 2.64. The number of methoxy groups -OCH3 is 1. The van der Waals surface area contributed by atoms with Crippen molar-refractivity contribution in [2.75, 3.05) is 26.7 Å². The molecule has 0 aliphatic carbocycles. The van der Waals surface area contributed by atoms with E-state index in [0.29, 0.717) is 22.9 Å². The number of hydrogen-bond donors (Lipinski definition) is 0. The van der Waals surface area contributed by atoms with E-state index in [4.69, 9.17) is 16.3 Å². The highest BCUT2D eigenvalue weighted by Gasteiger charge is 2.21. The third-order valence-corrected chi connectivity index (χ3v) is 6.34. The van der Waals surface area contributed by atoms with Crippen molar-refractivity contribution in [2.45, 2.75) is 25.7 Å². The van der Waals surface area contributed by atoms with Gasteiger partial charge in [0.05, 0.1) is 7.11 Å². The topological polar surface area (TPSA) is 12.5 Å². The second kappa shape index (κ2) is 9.20. The number of nitrogens with zero attached hydrogens (tertiary/aromatic N) is 1. The van der Waals surface area contributed by atoms with Crippen molar-refractivity contribution >= 4 is 27.5 Å². The van der Waals surface area contributed by atoms with Gasteiger partial charge in [0, 0.05) is 21.6 Å². The summed E-state index contributed by atoms with van der Waals surface area (Å²) in [4.78, 5) is 2.42. The van der Waals surface area contributed by atoms with Gasteiger partial charge in [0.1, 0.15) is 11.6 Å². The van der Waals surface area contributed by atoms with E-state index in [2.05, 4.69) is 33.0 Å². The molecule has 0 unspecified atom stereocenters. The number of piperidine rings is 1. The number of likely N-dealkylation sites (tertiary alicyclic amines) is 1. The van der Waals surface area contributed by atoms with Gasteiger partial charge < -0.3 is 9.64 Å². The highest BCUT2D eigenvalue weighted by Crippen LogP contribution is 2.29. The van der Waals surface area contributed by atoms with Crippen LogP contribution in [0.1, 0.15) is 24.0 Å². The fourth-order valence-corrected chi connectivity index (χ4v) is 4.27. The molecular weight excluding hydrogens is 417 g/mol. The van der Waals surface area contributed by atoms with E-state index in [0.717, 1.165) is 49.1 Å². The Morgan fingerprint density at radius 1 is 1.23 bits per heavy atom. The first-order chi connectivity index (χ1) is 12.6. The molecule has 5 heteroatoms. The zero-order chi connectivity index (χ0) is 18.5. The first-order valence-corrected chi connectivity index (χ1v) is 10.2. The Morgan fingerprint density at radius 3 is 2.69 bits per heavy atom. The van der Waals surface area contributed by atoms with Gasteiger partial charge in [-0.25, -0.2) is 4.39 Å². The van der Waals surface area contributed by atoms with Crippen LogP contribution in [-0.4, -0.2) is 31.6 Å². The smallest absolute Gasteiger partial charge is 0.127 e. The van der Waals surface area contributed by atoms with E-state index in [1.54, 1.807) is 19.2 Å². The molecule has 0 bridgehead atoms. The Labute approximate surface area is 168 Å². The largest absolute Gasteiger partial charge is 0.497 e. The SMILES string of the molecule is COc1ccc(Br)c(CC2CCN(CCc3c(F)cccc3Cl)CC2)c1. The van der Waals surface area contributed by atoms with Gasteiger partial charge in [-0.05, 0) is 80.6 Å². The van der Waals surface area contributed by atoms with Gasteiger partial charge >= 0.3 is 0 Å². The lowest BCUT2D eigenvalue weighted by Gasteiger charge is -2.32. The van der Waals surface area contributed by atoms with Crippen LogP contribution in [0.25, 0.3) is 0 Å². The van der Waals surface area contributed by atoms with Gasteiger partial charge in [-0.2, -0.15) is 0 Å². The van der Waals surface area contributed by atoms with Crippen molar-refractivity contribution in [3.05, 3.63) is 62.8 Å². The van der Waals surface area contributed by atoms with Gasteiger partial charge in [-0.15, -0.1) is 0 Å². The molecule has 1 saturated heterocycles. The van der Waals surface area contributed by atoms with E-state index in [9.17, 15) is 4.39 Å². The maximum Gasteiger partial charge on any atom is 0.127 e. The Bertz CT molecular complexity index is 727. The van der Waals surface area contributed by atoms with Crippen LogP contribution in [0.3, 0.4) is 0 Å². The minimum Gasteiger partial charge on any atom is -0.497 e. The summed E-state index contributed by atoms with van der Waals surface area (Å²) < 4.78 is 20.4. The van der Waals surface area contributed by atoms with E-state index in [-0.39, 0.29) is 5.82 Å². The quantitative estimate of drug-likeness (QED) is 0.567. The first kappa shape index (κ1) is 19.7. The van der Waals surface area contributed by atoms with Crippen LogP contribution in [0, 0.1) is 11.7 Å². The highest BCUT2D eigenvalue weighted by molar-refractivity contribution is 9.10. The molecule has 1 aliphatic rings. The lowest BCUT2D eigenvalue weighted by molar-refractivity contribution is 0.185. The Morgan fingerprint density at radius 2 is 2.00 bits per heavy atom. The number of rotatable bonds is 6. The van der Waals surface area contributed by atoms with E-state index >= 15 is 0 Å². The molecule has 26 heavy (non-hydrogen) atoms. The molecule has 1 heterocycles. The van der Waals surface area contributed by atoms with Gasteiger partial charge in [0.25, 0.3) is 0 Å². The van der Waals surface area contributed by atoms with Gasteiger partial charge in [0.15, 0.2) is 0 Å². The third kappa shape index (κ3) is 4.99. The summed E-state index contributed by atoms with van der Waals surface area (Å²) in [6, 6.07) is 11.1. The van der Waals surface area contributed by atoms with Crippen LogP contribution in [0.5, 0.6) is 5.75 Å². The predicted octanol–water partition coefficient (Wildman–Crippen LogP) is 5.75. The highest BCUT2D eigenvalue weighted by atomic mass is 79.9. The van der Waals surface area contributed by atoms with Crippen molar-refractivity contribution in [1.29, 1.82) is 0 Å². The molecule has 3 rings (SSSR count). The van der Waals surface area contributed by atoms with Crippen molar-refractivity contribution in [1.82, 2.24) is 4.90 Å². The van der Waals surface area contributed by atoms with E-state index in [1.807, 2.05) is 6.07 Å². The monoisotopic (exact) mass is 439 g/mol. The van der Waals surface area contributed by atoms with Crippen molar-refractivity contribution in [3.63, 3.8) is 0 Å². The molecule has 1 fully saturated rings. The summed E-state index contributed by atoms with van der Waals surface area (Å²) in [5, 5.41) is 0.530. The second-order valence-corrected chi connectivity index (χ2v) is 8.16. The van der Waals surface area contributed by atoms with Gasteiger partial charge in [0.2, 0.25) is 0 Å². The van der Waals surface area contributed by atoms with Gasteiger partial charge in [-0.1, -0.05) is 33.6 Å². The summed E-state index contributed by atoms with van der Waals surface area (Å²) in [7, 11) is 1.70.